The Morgan fingerprint density at radius 3 is 2.24 bits per heavy atom. The van der Waals surface area contributed by atoms with Gasteiger partial charge in [-0.05, 0) is 25.2 Å². The van der Waals surface area contributed by atoms with Gasteiger partial charge in [0.05, 0.1) is 6.26 Å². The molecule has 1 saturated heterocycles. The molecule has 0 radical (unpaired) electrons. The number of carbonyl (C=O) groups is 2. The molecule has 8 heteroatoms. The second-order valence-electron chi connectivity index (χ2n) is 6.01. The first-order valence-corrected chi connectivity index (χ1v) is 9.10. The van der Waals surface area contributed by atoms with Crippen molar-refractivity contribution in [2.75, 3.05) is 19.3 Å². The van der Waals surface area contributed by atoms with Gasteiger partial charge in [0.1, 0.15) is 6.04 Å². The van der Waals surface area contributed by atoms with Crippen molar-refractivity contribution in [2.24, 2.45) is 11.8 Å². The summed E-state index contributed by atoms with van der Waals surface area (Å²) in [6.07, 6.45) is 4.59. The van der Waals surface area contributed by atoms with Crippen LogP contribution in [-0.4, -0.2) is 55.1 Å². The topological polar surface area (TPSA) is 104 Å². The Bertz CT molecular complexity index is 507. The molecule has 0 aromatic rings. The summed E-state index contributed by atoms with van der Waals surface area (Å²) < 4.78 is 24.2. The maximum absolute atomic E-state index is 12.1. The maximum Gasteiger partial charge on any atom is 0.326 e. The lowest BCUT2D eigenvalue weighted by Gasteiger charge is -2.30. The van der Waals surface area contributed by atoms with Crippen LogP contribution in [0, 0.1) is 11.8 Å². The van der Waals surface area contributed by atoms with Gasteiger partial charge in [-0.3, -0.25) is 4.79 Å². The van der Waals surface area contributed by atoms with Gasteiger partial charge in [-0.25, -0.2) is 17.5 Å². The minimum Gasteiger partial charge on any atom is -0.480 e. The summed E-state index contributed by atoms with van der Waals surface area (Å²) >= 11 is 0. The van der Waals surface area contributed by atoms with Crippen LogP contribution in [0.5, 0.6) is 0 Å². The van der Waals surface area contributed by atoms with E-state index in [0.717, 1.165) is 19.1 Å². The third kappa shape index (κ3) is 4.67. The molecule has 0 spiro atoms. The fourth-order valence-electron chi connectivity index (χ4n) is 2.65. The Hall–Kier alpha value is -1.15. The molecule has 1 saturated carbocycles. The SMILES string of the molecule is CS(=O)(=O)N1CCC(C(=O)NC(CC2CC2)C(=O)O)CC1. The zero-order valence-corrected chi connectivity index (χ0v) is 12.9. The zero-order valence-electron chi connectivity index (χ0n) is 12.1. The van der Waals surface area contributed by atoms with E-state index in [0.29, 0.717) is 38.3 Å². The van der Waals surface area contributed by atoms with Crippen molar-refractivity contribution in [3.05, 3.63) is 0 Å². The molecular weight excluding hydrogens is 296 g/mol. The van der Waals surface area contributed by atoms with Gasteiger partial charge in [-0.15, -0.1) is 0 Å². The van der Waals surface area contributed by atoms with E-state index in [2.05, 4.69) is 5.32 Å². The molecule has 0 aromatic heterocycles. The molecule has 2 aliphatic rings. The van der Waals surface area contributed by atoms with Gasteiger partial charge in [-0.1, -0.05) is 12.8 Å². The Kier molecular flexibility index (Phi) is 4.88. The van der Waals surface area contributed by atoms with Crippen LogP contribution >= 0.6 is 0 Å². The van der Waals surface area contributed by atoms with Crippen molar-refractivity contribution < 1.29 is 23.1 Å². The van der Waals surface area contributed by atoms with Crippen molar-refractivity contribution >= 4 is 21.9 Å². The van der Waals surface area contributed by atoms with Crippen molar-refractivity contribution in [3.8, 4) is 0 Å². The van der Waals surface area contributed by atoms with E-state index in [-0.39, 0.29) is 11.8 Å². The van der Waals surface area contributed by atoms with Gasteiger partial charge in [0.2, 0.25) is 15.9 Å². The number of hydrogen-bond donors (Lipinski definition) is 2. The molecule has 2 N–H and O–H groups in total. The quantitative estimate of drug-likeness (QED) is 0.719. The third-order valence-electron chi connectivity index (χ3n) is 4.17. The number of carboxylic acids is 1. The predicted molar refractivity (Wildman–Crippen MR) is 76.0 cm³/mol. The summed E-state index contributed by atoms with van der Waals surface area (Å²) in [5.41, 5.74) is 0. The molecule has 1 unspecified atom stereocenters. The van der Waals surface area contributed by atoms with E-state index in [1.807, 2.05) is 0 Å². The molecule has 2 rings (SSSR count). The van der Waals surface area contributed by atoms with Gasteiger partial charge >= 0.3 is 5.97 Å². The molecule has 120 valence electrons. The molecule has 1 amide bonds. The summed E-state index contributed by atoms with van der Waals surface area (Å²) in [6, 6.07) is -0.821. The highest BCUT2D eigenvalue weighted by Crippen LogP contribution is 2.33. The van der Waals surface area contributed by atoms with Crippen LogP contribution in [0.25, 0.3) is 0 Å². The monoisotopic (exact) mass is 318 g/mol. The smallest absolute Gasteiger partial charge is 0.326 e. The van der Waals surface area contributed by atoms with Crippen molar-refractivity contribution in [3.63, 3.8) is 0 Å². The minimum atomic E-state index is -3.21. The second kappa shape index (κ2) is 6.31. The number of nitrogens with zero attached hydrogens (tertiary/aromatic N) is 1. The van der Waals surface area contributed by atoms with Gasteiger partial charge < -0.3 is 10.4 Å². The fourth-order valence-corrected chi connectivity index (χ4v) is 3.52. The van der Waals surface area contributed by atoms with Crippen LogP contribution in [0.15, 0.2) is 0 Å². The average Bonchev–Trinajstić information content (AvgIpc) is 3.21. The van der Waals surface area contributed by atoms with E-state index >= 15 is 0 Å². The molecule has 1 heterocycles. The molecular formula is C13H22N2O5S. The summed E-state index contributed by atoms with van der Waals surface area (Å²) in [5.74, 6) is -1.15. The Morgan fingerprint density at radius 1 is 1.24 bits per heavy atom. The zero-order chi connectivity index (χ0) is 15.6. The van der Waals surface area contributed by atoms with Crippen molar-refractivity contribution in [2.45, 2.75) is 38.1 Å². The Balaban J connectivity index is 1.84. The number of nitrogens with one attached hydrogen (secondary N) is 1. The van der Waals surface area contributed by atoms with Crippen LogP contribution in [0.3, 0.4) is 0 Å². The first kappa shape index (κ1) is 16.2. The lowest BCUT2D eigenvalue weighted by molar-refractivity contribution is -0.143. The molecule has 1 aliphatic carbocycles. The van der Waals surface area contributed by atoms with Gasteiger partial charge in [0, 0.05) is 19.0 Å². The van der Waals surface area contributed by atoms with E-state index in [4.69, 9.17) is 5.11 Å². The highest BCUT2D eigenvalue weighted by atomic mass is 32.2. The molecule has 21 heavy (non-hydrogen) atoms. The summed E-state index contributed by atoms with van der Waals surface area (Å²) in [6.45, 7) is 0.633. The summed E-state index contributed by atoms with van der Waals surface area (Å²) in [7, 11) is -3.21. The predicted octanol–water partition coefficient (Wildman–Crippen LogP) is 0.0275. The molecule has 1 atom stereocenters. The Morgan fingerprint density at radius 2 is 1.81 bits per heavy atom. The third-order valence-corrected chi connectivity index (χ3v) is 5.48. The number of sulfonamides is 1. The van der Waals surface area contributed by atoms with Crippen molar-refractivity contribution in [1.29, 1.82) is 0 Å². The molecule has 1 aliphatic heterocycles. The van der Waals surface area contributed by atoms with E-state index < -0.39 is 22.0 Å². The van der Waals surface area contributed by atoms with Crippen LogP contribution < -0.4 is 5.32 Å². The van der Waals surface area contributed by atoms with Gasteiger partial charge in [-0.2, -0.15) is 0 Å². The first-order chi connectivity index (χ1) is 9.77. The van der Waals surface area contributed by atoms with E-state index in [1.165, 1.54) is 4.31 Å². The number of piperidine rings is 1. The molecule has 7 nitrogen and oxygen atoms in total. The van der Waals surface area contributed by atoms with Gasteiger partial charge in [0.15, 0.2) is 0 Å². The standard InChI is InChI=1S/C13H22N2O5S/c1-21(19,20)15-6-4-10(5-7-15)12(16)14-11(13(17)18)8-9-2-3-9/h9-11H,2-8H2,1H3,(H,14,16)(H,17,18). The van der Waals surface area contributed by atoms with Crippen LogP contribution in [0.4, 0.5) is 0 Å². The average molecular weight is 318 g/mol. The number of carbonyl (C=O) groups excluding carboxylic acids is 1. The molecule has 0 bridgehead atoms. The van der Waals surface area contributed by atoms with Crippen LogP contribution in [0.2, 0.25) is 0 Å². The molecule has 2 fully saturated rings. The number of rotatable bonds is 6. The number of carboxylic acid groups (broad SMARTS) is 1. The van der Waals surface area contributed by atoms with Gasteiger partial charge in [0.25, 0.3) is 0 Å². The summed E-state index contributed by atoms with van der Waals surface area (Å²) in [4.78, 5) is 23.3. The highest BCUT2D eigenvalue weighted by Gasteiger charge is 2.33. The summed E-state index contributed by atoms with van der Waals surface area (Å²) in [5, 5.41) is 11.7. The minimum absolute atomic E-state index is 0.267. The number of aliphatic carboxylic acids is 1. The van der Waals surface area contributed by atoms with Crippen molar-refractivity contribution in [1.82, 2.24) is 9.62 Å². The lowest BCUT2D eigenvalue weighted by Crippen LogP contribution is -2.47. The number of hydrogen-bond acceptors (Lipinski definition) is 4. The normalized spacial score (nSPS) is 22.7. The largest absolute Gasteiger partial charge is 0.480 e. The van der Waals surface area contributed by atoms with Crippen LogP contribution in [-0.2, 0) is 19.6 Å². The second-order valence-corrected chi connectivity index (χ2v) is 8.00. The highest BCUT2D eigenvalue weighted by molar-refractivity contribution is 7.88. The van der Waals surface area contributed by atoms with Crippen LogP contribution in [0.1, 0.15) is 32.1 Å². The number of amides is 1. The van der Waals surface area contributed by atoms with E-state index in [9.17, 15) is 18.0 Å². The maximum atomic E-state index is 12.1. The first-order valence-electron chi connectivity index (χ1n) is 7.25. The molecule has 0 aromatic carbocycles. The lowest BCUT2D eigenvalue weighted by atomic mass is 9.96. The van der Waals surface area contributed by atoms with E-state index in [1.54, 1.807) is 0 Å². The Labute approximate surface area is 124 Å². The fraction of sp³-hybridized carbons (Fsp3) is 0.846.